The SMILES string of the molecule is Cc1csc2nc(CSc3nc4ccccc4c(=O)n3CC3CCCO3)cc(=O)n12. The molecule has 5 rings (SSSR count). The first kappa shape index (κ1) is 19.5. The standard InChI is InChI=1S/C21H20N4O3S2/c1-13-11-29-21-22-14(9-18(26)25(13)21)12-30-20-23-17-7-3-2-6-16(17)19(27)24(20)10-15-5-4-8-28-15/h2-3,6-7,9,11,15H,4-5,8,10,12H2,1H3. The molecule has 154 valence electrons. The summed E-state index contributed by atoms with van der Waals surface area (Å²) in [6, 6.07) is 8.94. The number of benzene rings is 1. The van der Waals surface area contributed by atoms with Crippen LogP contribution in [-0.4, -0.2) is 31.6 Å². The average molecular weight is 441 g/mol. The average Bonchev–Trinajstić information content (AvgIpc) is 3.39. The van der Waals surface area contributed by atoms with E-state index >= 15 is 0 Å². The van der Waals surface area contributed by atoms with Crippen LogP contribution < -0.4 is 11.1 Å². The number of aryl methyl sites for hydroxylation is 1. The summed E-state index contributed by atoms with van der Waals surface area (Å²) < 4.78 is 9.08. The maximum atomic E-state index is 13.2. The molecule has 1 atom stereocenters. The maximum absolute atomic E-state index is 13.2. The smallest absolute Gasteiger partial charge is 0.262 e. The van der Waals surface area contributed by atoms with Gasteiger partial charge in [0.2, 0.25) is 0 Å². The number of para-hydroxylation sites is 1. The molecule has 0 amide bonds. The van der Waals surface area contributed by atoms with Gasteiger partial charge in [-0.2, -0.15) is 0 Å². The van der Waals surface area contributed by atoms with Crippen molar-refractivity contribution in [3.8, 4) is 0 Å². The number of hydrogen-bond acceptors (Lipinski definition) is 7. The largest absolute Gasteiger partial charge is 0.376 e. The second-order valence-electron chi connectivity index (χ2n) is 7.33. The van der Waals surface area contributed by atoms with Crippen LogP contribution >= 0.6 is 23.1 Å². The fraction of sp³-hybridized carbons (Fsp3) is 0.333. The molecule has 0 bridgehead atoms. The molecule has 0 radical (unpaired) electrons. The van der Waals surface area contributed by atoms with Gasteiger partial charge in [0.25, 0.3) is 11.1 Å². The lowest BCUT2D eigenvalue weighted by Gasteiger charge is -2.16. The molecule has 1 unspecified atom stereocenters. The third-order valence-corrected chi connectivity index (χ3v) is 7.17. The topological polar surface area (TPSA) is 78.5 Å². The summed E-state index contributed by atoms with van der Waals surface area (Å²) in [6.07, 6.45) is 1.98. The summed E-state index contributed by atoms with van der Waals surface area (Å²) in [5.41, 5.74) is 2.09. The van der Waals surface area contributed by atoms with Crippen molar-refractivity contribution >= 4 is 39.0 Å². The van der Waals surface area contributed by atoms with Crippen molar-refractivity contribution in [2.24, 2.45) is 0 Å². The quantitative estimate of drug-likeness (QED) is 0.350. The first-order chi connectivity index (χ1) is 14.6. The van der Waals surface area contributed by atoms with Crippen molar-refractivity contribution in [2.75, 3.05) is 6.61 Å². The van der Waals surface area contributed by atoms with E-state index in [1.165, 1.54) is 23.1 Å². The molecule has 1 aliphatic rings. The lowest BCUT2D eigenvalue weighted by molar-refractivity contribution is 0.0937. The third-order valence-electron chi connectivity index (χ3n) is 5.21. The van der Waals surface area contributed by atoms with Gasteiger partial charge in [0.1, 0.15) is 0 Å². The molecule has 9 heteroatoms. The minimum Gasteiger partial charge on any atom is -0.376 e. The molecule has 0 N–H and O–H groups in total. The Hall–Kier alpha value is -2.49. The minimum atomic E-state index is -0.0856. The fourth-order valence-corrected chi connectivity index (χ4v) is 5.52. The molecule has 0 saturated carbocycles. The molecule has 7 nitrogen and oxygen atoms in total. The summed E-state index contributed by atoms with van der Waals surface area (Å²) in [6.45, 7) is 3.11. The second kappa shape index (κ2) is 7.98. The van der Waals surface area contributed by atoms with Gasteiger partial charge in [-0.3, -0.25) is 18.6 Å². The molecule has 30 heavy (non-hydrogen) atoms. The Bertz CT molecular complexity index is 1350. The van der Waals surface area contributed by atoms with Crippen LogP contribution in [0.15, 0.2) is 50.5 Å². The van der Waals surface area contributed by atoms with Gasteiger partial charge in [0, 0.05) is 29.5 Å². The number of thiazole rings is 1. The number of thioether (sulfide) groups is 1. The predicted octanol–water partition coefficient (Wildman–Crippen LogP) is 3.25. The molecule has 0 aliphatic carbocycles. The van der Waals surface area contributed by atoms with Gasteiger partial charge in [0.15, 0.2) is 10.1 Å². The number of fused-ring (bicyclic) bond motifs is 2. The number of aromatic nitrogens is 4. The Balaban J connectivity index is 1.51. The summed E-state index contributed by atoms with van der Waals surface area (Å²) >= 11 is 2.87. The molecular weight excluding hydrogens is 420 g/mol. The van der Waals surface area contributed by atoms with E-state index in [2.05, 4.69) is 4.98 Å². The second-order valence-corrected chi connectivity index (χ2v) is 9.11. The van der Waals surface area contributed by atoms with Crippen molar-refractivity contribution in [1.82, 2.24) is 18.9 Å². The highest BCUT2D eigenvalue weighted by Crippen LogP contribution is 2.24. The van der Waals surface area contributed by atoms with Crippen LogP contribution in [-0.2, 0) is 17.0 Å². The molecular formula is C21H20N4O3S2. The van der Waals surface area contributed by atoms with Crippen molar-refractivity contribution in [3.63, 3.8) is 0 Å². The van der Waals surface area contributed by atoms with E-state index < -0.39 is 0 Å². The zero-order chi connectivity index (χ0) is 20.7. The van der Waals surface area contributed by atoms with Gasteiger partial charge in [-0.1, -0.05) is 23.9 Å². The van der Waals surface area contributed by atoms with E-state index in [0.29, 0.717) is 39.0 Å². The molecule has 0 spiro atoms. The van der Waals surface area contributed by atoms with Crippen LogP contribution in [0.5, 0.6) is 0 Å². The van der Waals surface area contributed by atoms with Gasteiger partial charge in [-0.15, -0.1) is 11.3 Å². The maximum Gasteiger partial charge on any atom is 0.262 e. The van der Waals surface area contributed by atoms with E-state index in [-0.39, 0.29) is 17.2 Å². The van der Waals surface area contributed by atoms with E-state index in [1.54, 1.807) is 21.1 Å². The minimum absolute atomic E-state index is 0.0261. The van der Waals surface area contributed by atoms with Crippen LogP contribution in [0, 0.1) is 6.92 Å². The summed E-state index contributed by atoms with van der Waals surface area (Å²) in [4.78, 5) is 35.7. The third kappa shape index (κ3) is 3.57. The van der Waals surface area contributed by atoms with Crippen LogP contribution in [0.4, 0.5) is 0 Å². The number of nitrogens with zero attached hydrogens (tertiary/aromatic N) is 4. The van der Waals surface area contributed by atoms with Crippen molar-refractivity contribution in [1.29, 1.82) is 0 Å². The van der Waals surface area contributed by atoms with Crippen molar-refractivity contribution < 1.29 is 4.74 Å². The Morgan fingerprint density at radius 2 is 2.13 bits per heavy atom. The molecule has 1 saturated heterocycles. The highest BCUT2D eigenvalue weighted by atomic mass is 32.2. The molecule has 1 aromatic carbocycles. The normalized spacial score (nSPS) is 16.6. The number of ether oxygens (including phenoxy) is 1. The Morgan fingerprint density at radius 3 is 2.97 bits per heavy atom. The highest BCUT2D eigenvalue weighted by Gasteiger charge is 2.20. The van der Waals surface area contributed by atoms with Crippen molar-refractivity contribution in [2.45, 2.75) is 43.3 Å². The summed E-state index contributed by atoms with van der Waals surface area (Å²) in [5, 5.41) is 3.15. The summed E-state index contributed by atoms with van der Waals surface area (Å²) in [7, 11) is 0. The van der Waals surface area contributed by atoms with Gasteiger partial charge in [-0.05, 0) is 31.9 Å². The number of rotatable bonds is 5. The zero-order valence-corrected chi connectivity index (χ0v) is 18.0. The van der Waals surface area contributed by atoms with Gasteiger partial charge < -0.3 is 4.74 Å². The van der Waals surface area contributed by atoms with Gasteiger partial charge in [0.05, 0.1) is 29.2 Å². The van der Waals surface area contributed by atoms with E-state index in [1.807, 2.05) is 30.5 Å². The zero-order valence-electron chi connectivity index (χ0n) is 16.4. The molecule has 3 aromatic heterocycles. The predicted molar refractivity (Wildman–Crippen MR) is 119 cm³/mol. The Labute approximate surface area is 180 Å². The Kier molecular flexibility index (Phi) is 5.18. The first-order valence-corrected chi connectivity index (χ1v) is 11.7. The molecule has 4 heterocycles. The van der Waals surface area contributed by atoms with Gasteiger partial charge >= 0.3 is 0 Å². The molecule has 4 aromatic rings. The highest BCUT2D eigenvalue weighted by molar-refractivity contribution is 7.98. The number of hydrogen-bond donors (Lipinski definition) is 0. The lowest BCUT2D eigenvalue weighted by atomic mass is 10.2. The van der Waals surface area contributed by atoms with Crippen LogP contribution in [0.3, 0.4) is 0 Å². The van der Waals surface area contributed by atoms with Crippen LogP contribution in [0.2, 0.25) is 0 Å². The van der Waals surface area contributed by atoms with E-state index in [0.717, 1.165) is 25.1 Å². The first-order valence-electron chi connectivity index (χ1n) is 9.81. The fourth-order valence-electron chi connectivity index (χ4n) is 3.72. The summed E-state index contributed by atoms with van der Waals surface area (Å²) in [5.74, 6) is 0.457. The molecule has 1 aliphatic heterocycles. The van der Waals surface area contributed by atoms with Gasteiger partial charge in [-0.25, -0.2) is 9.97 Å². The van der Waals surface area contributed by atoms with Crippen LogP contribution in [0.1, 0.15) is 24.2 Å². The van der Waals surface area contributed by atoms with E-state index in [9.17, 15) is 9.59 Å². The van der Waals surface area contributed by atoms with Crippen LogP contribution in [0.25, 0.3) is 15.9 Å². The monoisotopic (exact) mass is 440 g/mol. The van der Waals surface area contributed by atoms with E-state index in [4.69, 9.17) is 9.72 Å². The lowest BCUT2D eigenvalue weighted by Crippen LogP contribution is -2.28. The van der Waals surface area contributed by atoms with Crippen molar-refractivity contribution in [3.05, 3.63) is 67.8 Å². The Morgan fingerprint density at radius 1 is 1.27 bits per heavy atom. The molecule has 1 fully saturated rings.